The molecule has 0 spiro atoms. The molecule has 0 unspecified atom stereocenters. The summed E-state index contributed by atoms with van der Waals surface area (Å²) in [6.45, 7) is 0.681. The molecule has 1 aliphatic carbocycles. The second kappa shape index (κ2) is 6.95. The van der Waals surface area contributed by atoms with Crippen LogP contribution in [0.15, 0.2) is 42.7 Å². The Kier molecular flexibility index (Phi) is 4.56. The average Bonchev–Trinajstić information content (AvgIpc) is 3.23. The van der Waals surface area contributed by atoms with E-state index in [1.54, 1.807) is 23.0 Å². The number of hydrogen-bond donors (Lipinski definition) is 3. The van der Waals surface area contributed by atoms with Crippen molar-refractivity contribution in [1.82, 2.24) is 20.4 Å². The highest BCUT2D eigenvalue weighted by Gasteiger charge is 2.21. The van der Waals surface area contributed by atoms with E-state index in [0.29, 0.717) is 18.2 Å². The normalized spacial score (nSPS) is 13.4. The Morgan fingerprint density at radius 3 is 2.61 bits per heavy atom. The van der Waals surface area contributed by atoms with Crippen molar-refractivity contribution in [2.24, 2.45) is 5.92 Å². The number of aromatic nitrogens is 2. The molecule has 3 rings (SSSR count). The van der Waals surface area contributed by atoms with E-state index in [4.69, 9.17) is 0 Å². The Bertz CT molecular complexity index is 662. The van der Waals surface area contributed by atoms with Gasteiger partial charge in [-0.25, -0.2) is 9.48 Å². The highest BCUT2D eigenvalue weighted by atomic mass is 16.2. The number of benzene rings is 1. The number of carbonyl (C=O) groups excluding carboxylic acids is 2. The van der Waals surface area contributed by atoms with E-state index in [1.807, 2.05) is 24.4 Å². The van der Waals surface area contributed by atoms with Crippen LogP contribution in [-0.4, -0.2) is 34.8 Å². The van der Waals surface area contributed by atoms with Crippen LogP contribution in [0.1, 0.15) is 12.8 Å². The molecule has 1 aromatic carbocycles. The first-order valence-electron chi connectivity index (χ1n) is 7.62. The molecule has 0 aliphatic heterocycles. The number of hydrogen-bond acceptors (Lipinski definition) is 3. The number of carbonyl (C=O) groups is 2. The lowest BCUT2D eigenvalue weighted by Crippen LogP contribution is -2.39. The van der Waals surface area contributed by atoms with E-state index in [0.717, 1.165) is 5.69 Å². The third-order valence-electron chi connectivity index (χ3n) is 3.59. The van der Waals surface area contributed by atoms with Gasteiger partial charge in [0.15, 0.2) is 0 Å². The molecule has 1 fully saturated rings. The van der Waals surface area contributed by atoms with Crippen molar-refractivity contribution >= 4 is 17.6 Å². The standard InChI is InChI=1S/C16H19N5O2/c22-15(17-10-12-2-3-12)11-18-16(23)20-13-4-6-14(7-5-13)21-9-1-8-19-21/h1,4-9,12H,2-3,10-11H2,(H,17,22)(H2,18,20,23). The molecule has 3 amide bonds. The number of urea groups is 1. The van der Waals surface area contributed by atoms with Gasteiger partial charge in [0.05, 0.1) is 12.2 Å². The van der Waals surface area contributed by atoms with Crippen molar-refractivity contribution in [2.75, 3.05) is 18.4 Å². The molecule has 0 radical (unpaired) electrons. The largest absolute Gasteiger partial charge is 0.354 e. The monoisotopic (exact) mass is 313 g/mol. The minimum Gasteiger partial charge on any atom is -0.354 e. The van der Waals surface area contributed by atoms with Crippen LogP contribution >= 0.6 is 0 Å². The Balaban J connectivity index is 1.43. The third-order valence-corrected chi connectivity index (χ3v) is 3.59. The van der Waals surface area contributed by atoms with Crippen molar-refractivity contribution in [3.8, 4) is 5.69 Å². The van der Waals surface area contributed by atoms with Gasteiger partial charge in [-0.2, -0.15) is 5.10 Å². The molecule has 1 saturated carbocycles. The van der Waals surface area contributed by atoms with Gasteiger partial charge in [0, 0.05) is 24.6 Å². The number of anilines is 1. The zero-order valence-corrected chi connectivity index (χ0v) is 12.7. The molecule has 7 nitrogen and oxygen atoms in total. The Morgan fingerprint density at radius 2 is 1.96 bits per heavy atom. The Morgan fingerprint density at radius 1 is 1.17 bits per heavy atom. The minimum atomic E-state index is -0.404. The second-order valence-corrected chi connectivity index (χ2v) is 5.55. The minimum absolute atomic E-state index is 0.0239. The number of rotatable bonds is 6. The molecule has 0 saturated heterocycles. The molecule has 3 N–H and O–H groups in total. The molecule has 1 aliphatic rings. The fourth-order valence-electron chi connectivity index (χ4n) is 2.10. The van der Waals surface area contributed by atoms with Gasteiger partial charge in [0.1, 0.15) is 0 Å². The van der Waals surface area contributed by atoms with Crippen molar-refractivity contribution in [3.63, 3.8) is 0 Å². The quantitative estimate of drug-likeness (QED) is 0.755. The van der Waals surface area contributed by atoms with Crippen LogP contribution in [-0.2, 0) is 4.79 Å². The maximum atomic E-state index is 11.8. The van der Waals surface area contributed by atoms with E-state index in [-0.39, 0.29) is 12.5 Å². The van der Waals surface area contributed by atoms with E-state index in [2.05, 4.69) is 21.0 Å². The zero-order valence-electron chi connectivity index (χ0n) is 12.7. The van der Waals surface area contributed by atoms with Crippen LogP contribution in [0.25, 0.3) is 5.69 Å². The Labute approximate surface area is 134 Å². The van der Waals surface area contributed by atoms with Gasteiger partial charge in [0.25, 0.3) is 0 Å². The van der Waals surface area contributed by atoms with Crippen LogP contribution in [0.5, 0.6) is 0 Å². The van der Waals surface area contributed by atoms with Crippen LogP contribution in [0, 0.1) is 5.92 Å². The number of nitrogens with zero attached hydrogens (tertiary/aromatic N) is 2. The van der Waals surface area contributed by atoms with Crippen LogP contribution < -0.4 is 16.0 Å². The zero-order chi connectivity index (χ0) is 16.1. The SMILES string of the molecule is O=C(CNC(=O)Nc1ccc(-n2cccn2)cc1)NCC1CC1. The lowest BCUT2D eigenvalue weighted by molar-refractivity contribution is -0.120. The first-order chi connectivity index (χ1) is 11.2. The summed E-state index contributed by atoms with van der Waals surface area (Å²) in [5.74, 6) is 0.460. The summed E-state index contributed by atoms with van der Waals surface area (Å²) in [7, 11) is 0. The summed E-state index contributed by atoms with van der Waals surface area (Å²) in [6.07, 6.45) is 5.91. The van der Waals surface area contributed by atoms with Gasteiger partial charge >= 0.3 is 6.03 Å². The van der Waals surface area contributed by atoms with E-state index in [9.17, 15) is 9.59 Å². The summed E-state index contributed by atoms with van der Waals surface area (Å²) in [6, 6.07) is 8.70. The molecule has 23 heavy (non-hydrogen) atoms. The van der Waals surface area contributed by atoms with E-state index in [1.165, 1.54) is 12.8 Å². The lowest BCUT2D eigenvalue weighted by atomic mass is 10.3. The number of amides is 3. The molecule has 1 aromatic heterocycles. The predicted octanol–water partition coefficient (Wildman–Crippen LogP) is 1.52. The summed E-state index contributed by atoms with van der Waals surface area (Å²) in [4.78, 5) is 23.3. The van der Waals surface area contributed by atoms with Crippen molar-refractivity contribution in [3.05, 3.63) is 42.7 Å². The lowest BCUT2D eigenvalue weighted by Gasteiger charge is -2.09. The molecule has 1 heterocycles. The molecule has 2 aromatic rings. The van der Waals surface area contributed by atoms with Crippen molar-refractivity contribution in [2.45, 2.75) is 12.8 Å². The van der Waals surface area contributed by atoms with Gasteiger partial charge in [0.2, 0.25) is 5.91 Å². The summed E-state index contributed by atoms with van der Waals surface area (Å²) >= 11 is 0. The van der Waals surface area contributed by atoms with Crippen molar-refractivity contribution in [1.29, 1.82) is 0 Å². The molecule has 7 heteroatoms. The first kappa shape index (κ1) is 15.1. The van der Waals surface area contributed by atoms with Gasteiger partial charge in [-0.3, -0.25) is 4.79 Å². The maximum Gasteiger partial charge on any atom is 0.319 e. The van der Waals surface area contributed by atoms with Gasteiger partial charge in [-0.1, -0.05) is 0 Å². The smallest absolute Gasteiger partial charge is 0.319 e. The Hall–Kier alpha value is -2.83. The summed E-state index contributed by atoms with van der Waals surface area (Å²) in [5, 5.41) is 12.2. The molecular weight excluding hydrogens is 294 g/mol. The van der Waals surface area contributed by atoms with Gasteiger partial charge < -0.3 is 16.0 Å². The fraction of sp³-hybridized carbons (Fsp3) is 0.312. The maximum absolute atomic E-state index is 11.8. The predicted molar refractivity (Wildman–Crippen MR) is 86.3 cm³/mol. The van der Waals surface area contributed by atoms with E-state index < -0.39 is 6.03 Å². The second-order valence-electron chi connectivity index (χ2n) is 5.55. The van der Waals surface area contributed by atoms with Crippen LogP contribution in [0.4, 0.5) is 10.5 Å². The first-order valence-corrected chi connectivity index (χ1v) is 7.62. The van der Waals surface area contributed by atoms with Gasteiger partial charge in [-0.15, -0.1) is 0 Å². The molecule has 0 atom stereocenters. The highest BCUT2D eigenvalue weighted by molar-refractivity contribution is 5.92. The highest BCUT2D eigenvalue weighted by Crippen LogP contribution is 2.27. The third kappa shape index (κ3) is 4.57. The molecular formula is C16H19N5O2. The van der Waals surface area contributed by atoms with Crippen LogP contribution in [0.2, 0.25) is 0 Å². The molecule has 0 bridgehead atoms. The van der Waals surface area contributed by atoms with Gasteiger partial charge in [-0.05, 0) is 49.1 Å². The van der Waals surface area contributed by atoms with Crippen molar-refractivity contribution < 1.29 is 9.59 Å². The van der Waals surface area contributed by atoms with Crippen LogP contribution in [0.3, 0.4) is 0 Å². The summed E-state index contributed by atoms with van der Waals surface area (Å²) in [5.41, 5.74) is 1.55. The summed E-state index contributed by atoms with van der Waals surface area (Å²) < 4.78 is 1.73. The fourth-order valence-corrected chi connectivity index (χ4v) is 2.10. The number of nitrogens with one attached hydrogen (secondary N) is 3. The topological polar surface area (TPSA) is 88.1 Å². The van der Waals surface area contributed by atoms with E-state index >= 15 is 0 Å². The average molecular weight is 313 g/mol. The molecule has 120 valence electrons.